The monoisotopic (exact) mass is 426 g/mol. The zero-order valence-electron chi connectivity index (χ0n) is 17.8. The molecule has 3 aromatic carbocycles. The number of carbonyl (C=O) groups excluding carboxylic acids is 2. The molecule has 32 heavy (non-hydrogen) atoms. The molecular formula is C26H22N2O4. The number of methoxy groups -OCH3 is 1. The molecule has 0 heterocycles. The highest BCUT2D eigenvalue weighted by Gasteiger charge is 2.14. The summed E-state index contributed by atoms with van der Waals surface area (Å²) in [5.74, 6) is -0.441. The van der Waals surface area contributed by atoms with Gasteiger partial charge in [-0.05, 0) is 48.4 Å². The molecule has 3 aromatic rings. The number of hydrogen-bond acceptors (Lipinski definition) is 5. The van der Waals surface area contributed by atoms with Gasteiger partial charge in [0.2, 0.25) is 0 Å². The van der Waals surface area contributed by atoms with Crippen molar-refractivity contribution >= 4 is 18.0 Å². The second-order valence-corrected chi connectivity index (χ2v) is 7.01. The number of amides is 1. The van der Waals surface area contributed by atoms with Crippen molar-refractivity contribution < 1.29 is 19.1 Å². The summed E-state index contributed by atoms with van der Waals surface area (Å²) in [6, 6.07) is 23.2. The summed E-state index contributed by atoms with van der Waals surface area (Å²) < 4.78 is 10.8. The van der Waals surface area contributed by atoms with Gasteiger partial charge in [-0.1, -0.05) is 54.1 Å². The Morgan fingerprint density at radius 1 is 1.00 bits per heavy atom. The molecule has 0 saturated heterocycles. The van der Waals surface area contributed by atoms with Gasteiger partial charge in [0, 0.05) is 6.54 Å². The Balaban J connectivity index is 1.74. The highest BCUT2D eigenvalue weighted by Crippen LogP contribution is 2.29. The lowest BCUT2D eigenvalue weighted by Crippen LogP contribution is -2.23. The maximum atomic E-state index is 12.4. The molecular weight excluding hydrogens is 404 g/mol. The van der Waals surface area contributed by atoms with Crippen LogP contribution in [0.15, 0.2) is 78.4 Å². The summed E-state index contributed by atoms with van der Waals surface area (Å²) in [4.78, 5) is 24.8. The fourth-order valence-electron chi connectivity index (χ4n) is 2.98. The first-order valence-electron chi connectivity index (χ1n) is 9.91. The molecule has 0 aliphatic rings. The largest absolute Gasteiger partial charge is 0.493 e. The first kappa shape index (κ1) is 22.3. The van der Waals surface area contributed by atoms with Crippen LogP contribution < -0.4 is 14.8 Å². The van der Waals surface area contributed by atoms with Gasteiger partial charge in [-0.3, -0.25) is 4.79 Å². The zero-order chi connectivity index (χ0) is 22.9. The van der Waals surface area contributed by atoms with Gasteiger partial charge >= 0.3 is 5.97 Å². The molecule has 1 amide bonds. The summed E-state index contributed by atoms with van der Waals surface area (Å²) in [5.41, 5.74) is 2.81. The van der Waals surface area contributed by atoms with Gasteiger partial charge in [0.25, 0.3) is 5.91 Å². The van der Waals surface area contributed by atoms with Crippen LogP contribution in [0, 0.1) is 18.3 Å². The SMILES string of the molecule is COc1cc(/C=C(\C#N)C(=O)NCc2ccccc2)ccc1OC(=O)c1cccc(C)c1. The molecule has 0 aliphatic heterocycles. The van der Waals surface area contributed by atoms with Crippen LogP contribution in [0.5, 0.6) is 11.5 Å². The van der Waals surface area contributed by atoms with Crippen molar-refractivity contribution in [3.05, 3.63) is 101 Å². The maximum absolute atomic E-state index is 12.4. The van der Waals surface area contributed by atoms with E-state index >= 15 is 0 Å². The quantitative estimate of drug-likeness (QED) is 0.261. The van der Waals surface area contributed by atoms with E-state index in [-0.39, 0.29) is 11.3 Å². The second-order valence-electron chi connectivity index (χ2n) is 7.01. The second kappa shape index (κ2) is 10.6. The fraction of sp³-hybridized carbons (Fsp3) is 0.115. The van der Waals surface area contributed by atoms with Crippen molar-refractivity contribution in [2.75, 3.05) is 7.11 Å². The van der Waals surface area contributed by atoms with Gasteiger partial charge in [-0.15, -0.1) is 0 Å². The van der Waals surface area contributed by atoms with E-state index in [1.54, 1.807) is 36.4 Å². The third-order valence-corrected chi connectivity index (χ3v) is 4.62. The molecule has 0 spiro atoms. The van der Waals surface area contributed by atoms with Crippen LogP contribution >= 0.6 is 0 Å². The van der Waals surface area contributed by atoms with Crippen molar-refractivity contribution in [1.82, 2.24) is 5.32 Å². The Bertz CT molecular complexity index is 1190. The standard InChI is InChI=1S/C26H22N2O4/c1-18-7-6-10-21(13-18)26(30)32-23-12-11-20(15-24(23)31-2)14-22(16-27)25(29)28-17-19-8-4-3-5-9-19/h3-15H,17H2,1-2H3,(H,28,29)/b22-14+. The van der Waals surface area contributed by atoms with Crippen molar-refractivity contribution in [2.24, 2.45) is 0 Å². The van der Waals surface area contributed by atoms with E-state index in [1.165, 1.54) is 13.2 Å². The summed E-state index contributed by atoms with van der Waals surface area (Å²) >= 11 is 0. The highest BCUT2D eigenvalue weighted by atomic mass is 16.6. The molecule has 0 aliphatic carbocycles. The van der Waals surface area contributed by atoms with Crippen LogP contribution in [0.25, 0.3) is 6.08 Å². The van der Waals surface area contributed by atoms with E-state index in [0.717, 1.165) is 11.1 Å². The predicted molar refractivity (Wildman–Crippen MR) is 121 cm³/mol. The number of carbonyl (C=O) groups is 2. The molecule has 6 nitrogen and oxygen atoms in total. The van der Waals surface area contributed by atoms with E-state index in [0.29, 0.717) is 23.4 Å². The minimum absolute atomic E-state index is 0.0486. The number of nitrogens with zero attached hydrogens (tertiary/aromatic N) is 1. The van der Waals surface area contributed by atoms with Gasteiger partial charge in [0.1, 0.15) is 11.6 Å². The lowest BCUT2D eigenvalue weighted by molar-refractivity contribution is -0.117. The van der Waals surface area contributed by atoms with Crippen LogP contribution in [-0.4, -0.2) is 19.0 Å². The van der Waals surface area contributed by atoms with Gasteiger partial charge < -0.3 is 14.8 Å². The molecule has 3 rings (SSSR count). The Morgan fingerprint density at radius 2 is 1.78 bits per heavy atom. The van der Waals surface area contributed by atoms with Crippen LogP contribution in [0.4, 0.5) is 0 Å². The maximum Gasteiger partial charge on any atom is 0.343 e. The minimum atomic E-state index is -0.506. The first-order valence-corrected chi connectivity index (χ1v) is 9.91. The third kappa shape index (κ3) is 5.83. The number of nitrogens with one attached hydrogen (secondary N) is 1. The Morgan fingerprint density at radius 3 is 2.47 bits per heavy atom. The highest BCUT2D eigenvalue weighted by molar-refractivity contribution is 6.01. The molecule has 0 aromatic heterocycles. The normalized spacial score (nSPS) is 10.7. The fourth-order valence-corrected chi connectivity index (χ4v) is 2.98. The van der Waals surface area contributed by atoms with Crippen LogP contribution in [-0.2, 0) is 11.3 Å². The molecule has 0 saturated carbocycles. The van der Waals surface area contributed by atoms with E-state index in [9.17, 15) is 14.9 Å². The number of rotatable bonds is 7. The lowest BCUT2D eigenvalue weighted by Gasteiger charge is -2.10. The smallest absolute Gasteiger partial charge is 0.343 e. The Kier molecular flexibility index (Phi) is 7.39. The van der Waals surface area contributed by atoms with Crippen molar-refractivity contribution in [3.8, 4) is 17.6 Å². The zero-order valence-corrected chi connectivity index (χ0v) is 17.8. The average Bonchev–Trinajstić information content (AvgIpc) is 2.82. The Labute approximate surface area is 186 Å². The summed E-state index contributed by atoms with van der Waals surface area (Å²) in [6.45, 7) is 2.21. The lowest BCUT2D eigenvalue weighted by atomic mass is 10.1. The average molecular weight is 426 g/mol. The number of nitriles is 1. The molecule has 0 atom stereocenters. The van der Waals surface area contributed by atoms with Gasteiger partial charge in [-0.25, -0.2) is 4.79 Å². The van der Waals surface area contributed by atoms with E-state index in [2.05, 4.69) is 5.32 Å². The Hall–Kier alpha value is -4.37. The topological polar surface area (TPSA) is 88.4 Å². The van der Waals surface area contributed by atoms with Gasteiger partial charge in [-0.2, -0.15) is 5.26 Å². The van der Waals surface area contributed by atoms with Crippen molar-refractivity contribution in [1.29, 1.82) is 5.26 Å². The molecule has 0 unspecified atom stereocenters. The minimum Gasteiger partial charge on any atom is -0.493 e. The van der Waals surface area contributed by atoms with E-state index in [1.807, 2.05) is 49.4 Å². The van der Waals surface area contributed by atoms with Gasteiger partial charge in [0.05, 0.1) is 12.7 Å². The summed E-state index contributed by atoms with van der Waals surface area (Å²) in [6.07, 6.45) is 1.45. The molecule has 0 radical (unpaired) electrons. The van der Waals surface area contributed by atoms with Gasteiger partial charge in [0.15, 0.2) is 11.5 Å². The molecule has 0 bridgehead atoms. The number of ether oxygens (including phenoxy) is 2. The van der Waals surface area contributed by atoms with Crippen molar-refractivity contribution in [3.63, 3.8) is 0 Å². The number of aryl methyl sites for hydroxylation is 1. The summed E-state index contributed by atoms with van der Waals surface area (Å²) in [5, 5.41) is 12.2. The number of esters is 1. The van der Waals surface area contributed by atoms with Crippen molar-refractivity contribution in [2.45, 2.75) is 13.5 Å². The first-order chi connectivity index (χ1) is 15.5. The molecule has 160 valence electrons. The van der Waals surface area contributed by atoms with Crippen LogP contribution in [0.2, 0.25) is 0 Å². The predicted octanol–water partition coefficient (Wildman–Crippen LogP) is 4.45. The summed E-state index contributed by atoms with van der Waals surface area (Å²) in [7, 11) is 1.45. The molecule has 0 fully saturated rings. The molecule has 6 heteroatoms. The number of benzene rings is 3. The molecule has 1 N–H and O–H groups in total. The third-order valence-electron chi connectivity index (χ3n) is 4.62. The number of hydrogen-bond donors (Lipinski definition) is 1. The van der Waals surface area contributed by atoms with Crippen LogP contribution in [0.3, 0.4) is 0 Å². The van der Waals surface area contributed by atoms with E-state index < -0.39 is 11.9 Å². The van der Waals surface area contributed by atoms with E-state index in [4.69, 9.17) is 9.47 Å². The van der Waals surface area contributed by atoms with Crippen LogP contribution in [0.1, 0.15) is 27.0 Å².